The Morgan fingerprint density at radius 3 is 3.20 bits per heavy atom. The zero-order valence-corrected chi connectivity index (χ0v) is 11.4. The Kier molecular flexibility index (Phi) is 3.70. The number of nitrogens with one attached hydrogen (secondary N) is 1. The number of hydrogen-bond donors (Lipinski definition) is 3. The zero-order valence-electron chi connectivity index (χ0n) is 11.4. The summed E-state index contributed by atoms with van der Waals surface area (Å²) in [4.78, 5) is 11.3. The molecule has 1 fully saturated rings. The van der Waals surface area contributed by atoms with Crippen LogP contribution in [0.5, 0.6) is 0 Å². The van der Waals surface area contributed by atoms with Gasteiger partial charge in [-0.2, -0.15) is 0 Å². The first-order valence-corrected chi connectivity index (χ1v) is 7.01. The van der Waals surface area contributed by atoms with E-state index in [1.54, 1.807) is 6.20 Å². The molecular weight excluding hydrogens is 256 g/mol. The van der Waals surface area contributed by atoms with E-state index in [-0.39, 0.29) is 6.61 Å². The normalized spacial score (nSPS) is 18.9. The number of imidazole rings is 1. The minimum Gasteiger partial charge on any atom is -0.396 e. The number of anilines is 2. The molecule has 0 aromatic carbocycles. The summed E-state index contributed by atoms with van der Waals surface area (Å²) >= 11 is 0. The molecule has 1 unspecified atom stereocenters. The topological polar surface area (TPSA) is 91.7 Å². The van der Waals surface area contributed by atoms with E-state index in [1.165, 1.54) is 0 Å². The van der Waals surface area contributed by atoms with E-state index >= 15 is 0 Å². The van der Waals surface area contributed by atoms with Crippen LogP contribution in [0.15, 0.2) is 18.6 Å². The first-order chi connectivity index (χ1) is 9.83. The van der Waals surface area contributed by atoms with Gasteiger partial charge in [0.2, 0.25) is 0 Å². The fourth-order valence-corrected chi connectivity index (χ4v) is 2.92. The predicted octanol–water partition coefficient (Wildman–Crippen LogP) is 0.756. The van der Waals surface area contributed by atoms with Crippen molar-refractivity contribution in [2.24, 2.45) is 5.84 Å². The summed E-state index contributed by atoms with van der Waals surface area (Å²) in [5, 5.41) is 9.03. The molecule has 7 heteroatoms. The molecule has 0 bridgehead atoms. The van der Waals surface area contributed by atoms with Crippen LogP contribution in [-0.4, -0.2) is 38.7 Å². The van der Waals surface area contributed by atoms with Crippen LogP contribution in [0, 0.1) is 0 Å². The molecule has 0 aliphatic carbocycles. The molecule has 3 rings (SSSR count). The van der Waals surface area contributed by atoms with Crippen molar-refractivity contribution in [2.45, 2.75) is 31.7 Å². The number of hydrazine groups is 1. The van der Waals surface area contributed by atoms with Gasteiger partial charge in [0.1, 0.15) is 0 Å². The van der Waals surface area contributed by atoms with Gasteiger partial charge in [-0.1, -0.05) is 0 Å². The Morgan fingerprint density at radius 1 is 1.50 bits per heavy atom. The van der Waals surface area contributed by atoms with E-state index in [9.17, 15) is 0 Å². The minimum atomic E-state index is 0.237. The highest BCUT2D eigenvalue weighted by atomic mass is 16.2. The zero-order chi connectivity index (χ0) is 13.9. The number of rotatable bonds is 5. The Labute approximate surface area is 117 Å². The molecule has 0 amide bonds. The molecule has 0 saturated carbocycles. The number of aliphatic hydroxyl groups excluding tert-OH is 1. The average Bonchev–Trinajstić information content (AvgIpc) is 3.12. The summed E-state index contributed by atoms with van der Waals surface area (Å²) < 4.78 is 1.93. The van der Waals surface area contributed by atoms with Gasteiger partial charge in [-0.15, -0.1) is 0 Å². The lowest BCUT2D eigenvalue weighted by molar-refractivity contribution is 0.279. The highest BCUT2D eigenvalue weighted by molar-refractivity contribution is 5.67. The predicted molar refractivity (Wildman–Crippen MR) is 77.5 cm³/mol. The van der Waals surface area contributed by atoms with Crippen molar-refractivity contribution in [3.63, 3.8) is 0 Å². The van der Waals surface area contributed by atoms with Gasteiger partial charge >= 0.3 is 0 Å². The summed E-state index contributed by atoms with van der Waals surface area (Å²) in [6.45, 7) is 1.21. The van der Waals surface area contributed by atoms with Gasteiger partial charge in [0.15, 0.2) is 17.3 Å². The molecule has 1 atom stereocenters. The van der Waals surface area contributed by atoms with Gasteiger partial charge in [-0.3, -0.25) is 0 Å². The van der Waals surface area contributed by atoms with E-state index < -0.39 is 0 Å². The first-order valence-electron chi connectivity index (χ1n) is 7.01. The quantitative estimate of drug-likeness (QED) is 0.551. The molecular formula is C13H20N6O. The Balaban J connectivity index is 1.97. The summed E-state index contributed by atoms with van der Waals surface area (Å²) in [6, 6.07) is 0.420. The second kappa shape index (κ2) is 5.64. The fraction of sp³-hybridized carbons (Fsp3) is 0.538. The third-order valence-electron chi connectivity index (χ3n) is 3.85. The maximum absolute atomic E-state index is 9.03. The summed E-state index contributed by atoms with van der Waals surface area (Å²) in [7, 11) is 0. The van der Waals surface area contributed by atoms with Crippen molar-refractivity contribution >= 4 is 17.3 Å². The van der Waals surface area contributed by atoms with Crippen LogP contribution in [0.25, 0.3) is 5.65 Å². The van der Waals surface area contributed by atoms with Crippen molar-refractivity contribution in [1.82, 2.24) is 14.4 Å². The second-order valence-corrected chi connectivity index (χ2v) is 5.11. The number of aromatic nitrogens is 3. The van der Waals surface area contributed by atoms with Crippen LogP contribution in [0.3, 0.4) is 0 Å². The smallest absolute Gasteiger partial charge is 0.180 e. The number of nitrogens with zero attached hydrogens (tertiary/aromatic N) is 4. The highest BCUT2D eigenvalue weighted by Crippen LogP contribution is 2.30. The Hall–Kier alpha value is -1.86. The van der Waals surface area contributed by atoms with Crippen LogP contribution in [0.1, 0.15) is 25.7 Å². The molecule has 0 radical (unpaired) electrons. The standard InChI is InChI=1S/C13H20N6O/c14-17-11-9-18-7-5-15-12(18)13(16-11)19-6-1-3-10(19)4-2-8-20/h5,7,9-10,17,20H,1-4,6,8,14H2. The molecule has 4 N–H and O–H groups in total. The van der Waals surface area contributed by atoms with Gasteiger partial charge in [-0.05, 0) is 25.7 Å². The second-order valence-electron chi connectivity index (χ2n) is 5.11. The van der Waals surface area contributed by atoms with Crippen LogP contribution in [-0.2, 0) is 0 Å². The number of nitrogen functional groups attached to an aromatic ring is 1. The number of nitrogens with two attached hydrogens (primary N) is 1. The third kappa shape index (κ3) is 2.30. The van der Waals surface area contributed by atoms with Gasteiger partial charge in [0, 0.05) is 31.6 Å². The van der Waals surface area contributed by atoms with Crippen molar-refractivity contribution in [1.29, 1.82) is 0 Å². The lowest BCUT2D eigenvalue weighted by Gasteiger charge is -2.26. The van der Waals surface area contributed by atoms with Crippen molar-refractivity contribution in [3.05, 3.63) is 18.6 Å². The largest absolute Gasteiger partial charge is 0.396 e. The number of aliphatic hydroxyl groups is 1. The van der Waals surface area contributed by atoms with E-state index in [4.69, 9.17) is 10.9 Å². The molecule has 1 aliphatic rings. The molecule has 3 heterocycles. The van der Waals surface area contributed by atoms with Crippen molar-refractivity contribution in [3.8, 4) is 0 Å². The van der Waals surface area contributed by atoms with Gasteiger partial charge in [0.05, 0.1) is 6.20 Å². The van der Waals surface area contributed by atoms with Crippen LogP contribution >= 0.6 is 0 Å². The number of hydrogen-bond acceptors (Lipinski definition) is 6. The molecule has 0 spiro atoms. The highest BCUT2D eigenvalue weighted by Gasteiger charge is 2.27. The first kappa shape index (κ1) is 13.1. The number of fused-ring (bicyclic) bond motifs is 1. The summed E-state index contributed by atoms with van der Waals surface area (Å²) in [6.07, 6.45) is 9.55. The van der Waals surface area contributed by atoms with Crippen LogP contribution in [0.2, 0.25) is 0 Å². The molecule has 1 saturated heterocycles. The van der Waals surface area contributed by atoms with Gasteiger partial charge < -0.3 is 19.8 Å². The third-order valence-corrected chi connectivity index (χ3v) is 3.85. The molecule has 1 aliphatic heterocycles. The van der Waals surface area contributed by atoms with E-state index in [2.05, 4.69) is 20.3 Å². The molecule has 2 aromatic heterocycles. The van der Waals surface area contributed by atoms with Crippen LogP contribution in [0.4, 0.5) is 11.6 Å². The molecule has 2 aromatic rings. The maximum Gasteiger partial charge on any atom is 0.180 e. The fourth-order valence-electron chi connectivity index (χ4n) is 2.92. The van der Waals surface area contributed by atoms with Crippen molar-refractivity contribution < 1.29 is 5.11 Å². The van der Waals surface area contributed by atoms with E-state index in [1.807, 2.05) is 16.8 Å². The summed E-state index contributed by atoms with van der Waals surface area (Å²) in [5.74, 6) is 6.98. The lowest BCUT2D eigenvalue weighted by Crippen LogP contribution is -2.31. The SMILES string of the molecule is NNc1cn2ccnc2c(N2CCCC2CCCO)n1. The Bertz CT molecular complexity index is 583. The van der Waals surface area contributed by atoms with E-state index in [0.29, 0.717) is 11.9 Å². The Morgan fingerprint density at radius 2 is 2.40 bits per heavy atom. The lowest BCUT2D eigenvalue weighted by atomic mass is 10.1. The maximum atomic E-state index is 9.03. The minimum absolute atomic E-state index is 0.237. The monoisotopic (exact) mass is 276 g/mol. The summed E-state index contributed by atoms with van der Waals surface area (Å²) in [5.41, 5.74) is 3.45. The van der Waals surface area contributed by atoms with Gasteiger partial charge in [0.25, 0.3) is 0 Å². The van der Waals surface area contributed by atoms with Crippen LogP contribution < -0.4 is 16.2 Å². The molecule has 108 valence electrons. The van der Waals surface area contributed by atoms with Crippen molar-refractivity contribution in [2.75, 3.05) is 23.5 Å². The molecule has 20 heavy (non-hydrogen) atoms. The average molecular weight is 276 g/mol. The van der Waals surface area contributed by atoms with E-state index in [0.717, 1.165) is 43.7 Å². The molecule has 7 nitrogen and oxygen atoms in total. The van der Waals surface area contributed by atoms with Gasteiger partial charge in [-0.25, -0.2) is 15.8 Å².